The Balaban J connectivity index is 1.52. The van der Waals surface area contributed by atoms with E-state index in [1.54, 1.807) is 18.2 Å². The molecule has 2 heterocycles. The molecule has 0 aromatic heterocycles. The molecule has 2 unspecified atom stereocenters. The molecule has 1 N–H and O–H groups in total. The second-order valence-electron chi connectivity index (χ2n) is 6.49. The third-order valence-corrected chi connectivity index (χ3v) is 4.61. The molecule has 0 radical (unpaired) electrons. The number of anilines is 1. The molecule has 2 amide bonds. The van der Waals surface area contributed by atoms with Crippen LogP contribution in [-0.4, -0.2) is 29.5 Å². The van der Waals surface area contributed by atoms with Gasteiger partial charge in [0.25, 0.3) is 5.91 Å². The van der Waals surface area contributed by atoms with E-state index in [4.69, 9.17) is 4.74 Å². The molecule has 1 fully saturated rings. The molecule has 0 saturated carbocycles. The highest BCUT2D eigenvalue weighted by Gasteiger charge is 2.55. The maximum absolute atomic E-state index is 12.9. The summed E-state index contributed by atoms with van der Waals surface area (Å²) in [5, 5.41) is 3.90. The summed E-state index contributed by atoms with van der Waals surface area (Å²) < 4.78 is 5.27. The molecule has 7 heteroatoms. The molecule has 136 valence electrons. The lowest BCUT2D eigenvalue weighted by atomic mass is 9.99. The number of ether oxygens (including phenoxy) is 1. The number of fused-ring (bicyclic) bond motifs is 1. The van der Waals surface area contributed by atoms with Gasteiger partial charge in [-0.05, 0) is 30.2 Å². The highest BCUT2D eigenvalue weighted by atomic mass is 16.5. The van der Waals surface area contributed by atoms with E-state index in [9.17, 15) is 14.4 Å². The number of benzene rings is 2. The summed E-state index contributed by atoms with van der Waals surface area (Å²) in [6, 6.07) is 15.4. The van der Waals surface area contributed by atoms with Gasteiger partial charge in [0.05, 0.1) is 5.69 Å². The summed E-state index contributed by atoms with van der Waals surface area (Å²) in [6.07, 6.45) is 0. The number of amides is 2. The van der Waals surface area contributed by atoms with Crippen LogP contribution in [0.25, 0.3) is 0 Å². The number of carbonyl (C=O) groups is 3. The lowest BCUT2D eigenvalue weighted by molar-refractivity contribution is -0.137. The van der Waals surface area contributed by atoms with E-state index in [0.717, 1.165) is 16.0 Å². The number of nitrogens with one attached hydrogen (secondary N) is 1. The number of rotatable bonds is 4. The van der Waals surface area contributed by atoms with Crippen LogP contribution in [-0.2, 0) is 25.7 Å². The van der Waals surface area contributed by atoms with Crippen LogP contribution in [0.2, 0.25) is 0 Å². The molecule has 2 aliphatic heterocycles. The van der Waals surface area contributed by atoms with Crippen molar-refractivity contribution < 1.29 is 19.1 Å². The summed E-state index contributed by atoms with van der Waals surface area (Å²) in [6.45, 7) is 1.95. The second-order valence-corrected chi connectivity index (χ2v) is 6.49. The molecular formula is C20H17N3O4. The first-order valence-corrected chi connectivity index (χ1v) is 8.55. The van der Waals surface area contributed by atoms with E-state index >= 15 is 0 Å². The summed E-state index contributed by atoms with van der Waals surface area (Å²) in [4.78, 5) is 39.1. The highest BCUT2D eigenvalue weighted by molar-refractivity contribution is 6.46. The summed E-state index contributed by atoms with van der Waals surface area (Å²) in [5.74, 6) is -2.58. The third kappa shape index (κ3) is 2.97. The number of hydrazone groups is 1. The minimum atomic E-state index is -0.971. The maximum atomic E-state index is 12.9. The van der Waals surface area contributed by atoms with Gasteiger partial charge in [-0.3, -0.25) is 15.0 Å². The van der Waals surface area contributed by atoms with Gasteiger partial charge in [0.1, 0.15) is 18.6 Å². The first-order chi connectivity index (χ1) is 13.1. The van der Waals surface area contributed by atoms with Crippen molar-refractivity contribution in [3.63, 3.8) is 0 Å². The zero-order valence-electron chi connectivity index (χ0n) is 14.6. The molecule has 27 heavy (non-hydrogen) atoms. The van der Waals surface area contributed by atoms with Crippen LogP contribution in [0.5, 0.6) is 0 Å². The van der Waals surface area contributed by atoms with Gasteiger partial charge >= 0.3 is 5.97 Å². The Bertz CT molecular complexity index is 955. The highest BCUT2D eigenvalue weighted by Crippen LogP contribution is 2.31. The molecule has 4 rings (SSSR count). The number of hydrogen-bond acceptors (Lipinski definition) is 6. The number of hydrogen-bond donors (Lipinski definition) is 1. The van der Waals surface area contributed by atoms with Gasteiger partial charge in [-0.2, -0.15) is 5.10 Å². The van der Waals surface area contributed by atoms with Crippen molar-refractivity contribution in [1.29, 1.82) is 0 Å². The number of carbonyl (C=O) groups excluding carboxylic acids is 3. The van der Waals surface area contributed by atoms with Crippen molar-refractivity contribution >= 4 is 29.2 Å². The normalized spacial score (nSPS) is 20.9. The number of esters is 1. The SMILES string of the molecule is Cc1cccc(N2C(=O)C3NN=C(C(=O)OCc4ccccc4)C3C2=O)c1. The van der Waals surface area contributed by atoms with Gasteiger partial charge in [0.2, 0.25) is 5.91 Å². The number of aryl methyl sites for hydroxylation is 1. The van der Waals surface area contributed by atoms with Gasteiger partial charge in [-0.25, -0.2) is 9.69 Å². The van der Waals surface area contributed by atoms with Crippen LogP contribution in [0.3, 0.4) is 0 Å². The predicted octanol–water partition coefficient (Wildman–Crippen LogP) is 1.56. The van der Waals surface area contributed by atoms with Crippen LogP contribution in [0.15, 0.2) is 59.7 Å². The number of imide groups is 1. The fourth-order valence-electron chi connectivity index (χ4n) is 3.28. The van der Waals surface area contributed by atoms with E-state index in [1.807, 2.05) is 43.3 Å². The van der Waals surface area contributed by atoms with Crippen LogP contribution < -0.4 is 10.3 Å². The van der Waals surface area contributed by atoms with Crippen molar-refractivity contribution in [1.82, 2.24) is 5.43 Å². The molecule has 2 aromatic rings. The minimum absolute atomic E-state index is 0.0653. The zero-order chi connectivity index (χ0) is 19.0. The van der Waals surface area contributed by atoms with Crippen molar-refractivity contribution in [2.45, 2.75) is 19.6 Å². The first kappa shape index (κ1) is 17.0. The summed E-state index contributed by atoms with van der Waals surface area (Å²) >= 11 is 0. The standard InChI is InChI=1S/C20H17N3O4/c1-12-6-5-9-14(10-12)23-18(24)15-16(19(23)25)21-22-17(15)20(26)27-11-13-7-3-2-4-8-13/h2-10,15-16,21H,11H2,1H3. The molecule has 2 aliphatic rings. The lowest BCUT2D eigenvalue weighted by Crippen LogP contribution is -2.36. The van der Waals surface area contributed by atoms with Crippen LogP contribution in [0.1, 0.15) is 11.1 Å². The molecule has 1 saturated heterocycles. The van der Waals surface area contributed by atoms with Crippen molar-refractivity contribution in [2.24, 2.45) is 11.0 Å². The Morgan fingerprint density at radius 2 is 1.89 bits per heavy atom. The smallest absolute Gasteiger partial charge is 0.355 e. The van der Waals surface area contributed by atoms with Crippen molar-refractivity contribution in [3.8, 4) is 0 Å². The van der Waals surface area contributed by atoms with Crippen LogP contribution in [0, 0.1) is 12.8 Å². The first-order valence-electron chi connectivity index (χ1n) is 8.55. The Labute approximate surface area is 155 Å². The Morgan fingerprint density at radius 1 is 1.11 bits per heavy atom. The Hall–Kier alpha value is -3.48. The van der Waals surface area contributed by atoms with E-state index in [-0.39, 0.29) is 12.3 Å². The maximum Gasteiger partial charge on any atom is 0.355 e. The van der Waals surface area contributed by atoms with Crippen molar-refractivity contribution in [2.75, 3.05) is 4.90 Å². The van der Waals surface area contributed by atoms with Gasteiger partial charge in [-0.1, -0.05) is 42.5 Å². The largest absolute Gasteiger partial charge is 0.456 e. The monoisotopic (exact) mass is 363 g/mol. The number of nitrogens with zero attached hydrogens (tertiary/aromatic N) is 2. The van der Waals surface area contributed by atoms with Gasteiger partial charge in [0, 0.05) is 0 Å². The minimum Gasteiger partial charge on any atom is -0.456 e. The van der Waals surface area contributed by atoms with Crippen LogP contribution >= 0.6 is 0 Å². The average molecular weight is 363 g/mol. The topological polar surface area (TPSA) is 88.1 Å². The fourth-order valence-corrected chi connectivity index (χ4v) is 3.28. The van der Waals surface area contributed by atoms with Crippen molar-refractivity contribution in [3.05, 3.63) is 65.7 Å². The van der Waals surface area contributed by atoms with E-state index in [0.29, 0.717) is 5.69 Å². The van der Waals surface area contributed by atoms with E-state index < -0.39 is 29.7 Å². The molecule has 2 atom stereocenters. The molecular weight excluding hydrogens is 346 g/mol. The average Bonchev–Trinajstić information content (AvgIpc) is 3.21. The van der Waals surface area contributed by atoms with Gasteiger partial charge in [-0.15, -0.1) is 0 Å². The zero-order valence-corrected chi connectivity index (χ0v) is 14.6. The summed E-state index contributed by atoms with van der Waals surface area (Å²) in [7, 11) is 0. The van der Waals surface area contributed by atoms with E-state index in [1.165, 1.54) is 0 Å². The molecule has 0 spiro atoms. The Morgan fingerprint density at radius 3 is 2.63 bits per heavy atom. The van der Waals surface area contributed by atoms with E-state index in [2.05, 4.69) is 10.5 Å². The van der Waals surface area contributed by atoms with Gasteiger partial charge < -0.3 is 4.74 Å². The lowest BCUT2D eigenvalue weighted by Gasteiger charge is -2.16. The molecule has 2 aromatic carbocycles. The fraction of sp³-hybridized carbons (Fsp3) is 0.200. The summed E-state index contributed by atoms with van der Waals surface area (Å²) in [5.41, 5.74) is 4.79. The molecule has 0 aliphatic carbocycles. The second kappa shape index (κ2) is 6.68. The van der Waals surface area contributed by atoms with Gasteiger partial charge in [0.15, 0.2) is 5.71 Å². The quantitative estimate of drug-likeness (QED) is 0.658. The van der Waals surface area contributed by atoms with Crippen LogP contribution in [0.4, 0.5) is 5.69 Å². The predicted molar refractivity (Wildman–Crippen MR) is 97.8 cm³/mol. The molecule has 0 bridgehead atoms. The molecule has 7 nitrogen and oxygen atoms in total. The third-order valence-electron chi connectivity index (χ3n) is 4.61. The Kier molecular flexibility index (Phi) is 4.19.